The van der Waals surface area contributed by atoms with Gasteiger partial charge >= 0.3 is 19.8 Å². The Morgan fingerprint density at radius 2 is 1.05 bits per heavy atom. The maximum absolute atomic E-state index is 12.7. The molecule has 0 spiro atoms. The second-order valence-electron chi connectivity index (χ2n) is 16.9. The van der Waals surface area contributed by atoms with E-state index in [2.05, 4.69) is 38.2 Å². The maximum Gasteiger partial charge on any atom is 0.472 e. The standard InChI is InChI=1S/C48H88NO8P/c1-6-8-10-12-14-16-18-20-22-23-24-25-27-29-31-33-35-37-39-41-48(51)57-46(45-56-58(52,53)55-43-42-49(3,4)5)44-54-47(50)40-38-36-34-32-30-28-26-21-19-17-15-13-11-9-7-2/h14,16,20,22,34,36,38,40,46H,6-13,15,17-19,21,23-33,35,37,39,41-45H2,1-5H3/p+1/b16-14+,22-20+,36-34+,40-38+/t46-/m1/s1. The molecule has 0 saturated heterocycles. The number of ether oxygens (including phenoxy) is 2. The number of rotatable bonds is 42. The van der Waals surface area contributed by atoms with Crippen LogP contribution >= 0.6 is 7.82 Å². The van der Waals surface area contributed by atoms with E-state index in [9.17, 15) is 19.0 Å². The molecule has 1 N–H and O–H groups in total. The van der Waals surface area contributed by atoms with Crippen LogP contribution in [0.4, 0.5) is 0 Å². The fourth-order valence-electron chi connectivity index (χ4n) is 6.25. The van der Waals surface area contributed by atoms with Crippen LogP contribution in [0.25, 0.3) is 0 Å². The second kappa shape index (κ2) is 40.4. The van der Waals surface area contributed by atoms with Crippen LogP contribution in [0.2, 0.25) is 0 Å². The highest BCUT2D eigenvalue weighted by molar-refractivity contribution is 7.47. The quantitative estimate of drug-likeness (QED) is 0.0123. The van der Waals surface area contributed by atoms with Crippen LogP contribution in [-0.4, -0.2) is 74.9 Å². The number of hydrogen-bond acceptors (Lipinski definition) is 7. The van der Waals surface area contributed by atoms with E-state index in [-0.39, 0.29) is 19.6 Å². The molecular formula is C48H89NO8P+. The van der Waals surface area contributed by atoms with E-state index in [4.69, 9.17) is 18.5 Å². The van der Waals surface area contributed by atoms with Gasteiger partial charge < -0.3 is 18.9 Å². The van der Waals surface area contributed by atoms with Crippen molar-refractivity contribution < 1.29 is 42.1 Å². The number of likely N-dealkylation sites (N-methyl/N-ethyl adjacent to an activating group) is 1. The first-order chi connectivity index (χ1) is 28.0. The van der Waals surface area contributed by atoms with Crippen LogP contribution in [0.1, 0.15) is 194 Å². The van der Waals surface area contributed by atoms with Crippen LogP contribution < -0.4 is 0 Å². The number of esters is 2. The van der Waals surface area contributed by atoms with Crippen molar-refractivity contribution in [2.24, 2.45) is 0 Å². The number of nitrogens with zero attached hydrogens (tertiary/aromatic N) is 1. The zero-order valence-corrected chi connectivity index (χ0v) is 38.9. The summed E-state index contributed by atoms with van der Waals surface area (Å²) in [6, 6.07) is 0. The van der Waals surface area contributed by atoms with Gasteiger partial charge in [0.05, 0.1) is 27.7 Å². The average molecular weight is 839 g/mol. The Hall–Kier alpha value is -2.03. The van der Waals surface area contributed by atoms with Crippen molar-refractivity contribution in [3.63, 3.8) is 0 Å². The molecule has 0 fully saturated rings. The molecule has 0 aromatic carbocycles. The summed E-state index contributed by atoms with van der Waals surface area (Å²) < 4.78 is 34.2. The minimum atomic E-state index is -4.40. The van der Waals surface area contributed by atoms with Crippen LogP contribution in [0.15, 0.2) is 48.6 Å². The van der Waals surface area contributed by atoms with Gasteiger partial charge in [0.1, 0.15) is 19.8 Å². The Kier molecular flexibility index (Phi) is 39.0. The third-order valence-corrected chi connectivity index (χ3v) is 10.9. The van der Waals surface area contributed by atoms with Crippen molar-refractivity contribution in [1.29, 1.82) is 0 Å². The average Bonchev–Trinajstić information content (AvgIpc) is 3.17. The van der Waals surface area contributed by atoms with E-state index in [1.54, 1.807) is 6.08 Å². The van der Waals surface area contributed by atoms with E-state index in [1.807, 2.05) is 33.3 Å². The molecule has 9 nitrogen and oxygen atoms in total. The van der Waals surface area contributed by atoms with Gasteiger partial charge in [-0.1, -0.05) is 178 Å². The Balaban J connectivity index is 4.40. The molecule has 0 aromatic rings. The molecule has 0 aliphatic heterocycles. The minimum Gasteiger partial charge on any atom is -0.458 e. The van der Waals surface area contributed by atoms with E-state index in [0.29, 0.717) is 17.4 Å². The van der Waals surface area contributed by atoms with Crippen molar-refractivity contribution in [3.05, 3.63) is 48.6 Å². The SMILES string of the molecule is CCCCC/C=C/C/C=C/CCCCCCCCCCCC(=O)O[C@H](COC(=O)/C=C/C=C/CCCCCCCCCCCCC)COP(=O)(O)OCC[N+](C)(C)C. The van der Waals surface area contributed by atoms with Gasteiger partial charge in [-0.2, -0.15) is 0 Å². The topological polar surface area (TPSA) is 108 Å². The number of hydrogen-bond donors (Lipinski definition) is 1. The summed E-state index contributed by atoms with van der Waals surface area (Å²) in [7, 11) is 1.43. The van der Waals surface area contributed by atoms with Crippen molar-refractivity contribution in [3.8, 4) is 0 Å². The molecule has 58 heavy (non-hydrogen) atoms. The summed E-state index contributed by atoms with van der Waals surface area (Å²) in [5.41, 5.74) is 0. The smallest absolute Gasteiger partial charge is 0.458 e. The molecule has 0 amide bonds. The number of quaternary nitrogens is 1. The molecule has 0 aliphatic carbocycles. The van der Waals surface area contributed by atoms with Gasteiger partial charge in [-0.05, 0) is 51.4 Å². The van der Waals surface area contributed by atoms with Crippen molar-refractivity contribution in [2.45, 2.75) is 200 Å². The van der Waals surface area contributed by atoms with E-state index in [0.717, 1.165) is 44.9 Å². The third-order valence-electron chi connectivity index (χ3n) is 9.94. The van der Waals surface area contributed by atoms with Gasteiger partial charge in [-0.15, -0.1) is 0 Å². The normalized spacial score (nSPS) is 14.0. The van der Waals surface area contributed by atoms with Crippen LogP contribution in [0.3, 0.4) is 0 Å². The lowest BCUT2D eigenvalue weighted by atomic mass is 10.1. The van der Waals surface area contributed by atoms with E-state index < -0.39 is 32.5 Å². The Bertz CT molecular complexity index is 1130. The lowest BCUT2D eigenvalue weighted by Crippen LogP contribution is -2.37. The first-order valence-electron chi connectivity index (χ1n) is 23.4. The molecule has 0 aromatic heterocycles. The van der Waals surface area contributed by atoms with Gasteiger partial charge in [0.2, 0.25) is 0 Å². The number of phosphoric ester groups is 1. The second-order valence-corrected chi connectivity index (χ2v) is 18.3. The third kappa shape index (κ3) is 43.5. The fraction of sp³-hybridized carbons (Fsp3) is 0.792. The van der Waals surface area contributed by atoms with Crippen molar-refractivity contribution >= 4 is 19.8 Å². The minimum absolute atomic E-state index is 0.0173. The largest absolute Gasteiger partial charge is 0.472 e. The van der Waals surface area contributed by atoms with E-state index >= 15 is 0 Å². The highest BCUT2D eigenvalue weighted by Crippen LogP contribution is 2.43. The molecule has 0 aliphatic rings. The van der Waals surface area contributed by atoms with Gasteiger partial charge in [0.15, 0.2) is 6.10 Å². The molecule has 1 unspecified atom stereocenters. The monoisotopic (exact) mass is 839 g/mol. The summed E-state index contributed by atoms with van der Waals surface area (Å²) >= 11 is 0. The number of unbranched alkanes of at least 4 members (excludes halogenated alkanes) is 23. The predicted octanol–water partition coefficient (Wildman–Crippen LogP) is 13.5. The summed E-state index contributed by atoms with van der Waals surface area (Å²) in [5.74, 6) is -1.05. The Labute approximate surface area is 356 Å². The summed E-state index contributed by atoms with van der Waals surface area (Å²) in [4.78, 5) is 35.3. The number of allylic oxidation sites excluding steroid dienone is 7. The molecule has 2 atom stereocenters. The lowest BCUT2D eigenvalue weighted by molar-refractivity contribution is -0.870. The summed E-state index contributed by atoms with van der Waals surface area (Å²) in [6.07, 6.45) is 47.9. The van der Waals surface area contributed by atoms with Gasteiger partial charge in [0, 0.05) is 12.5 Å². The summed E-state index contributed by atoms with van der Waals surface area (Å²) in [5, 5.41) is 0. The van der Waals surface area contributed by atoms with Crippen molar-refractivity contribution in [2.75, 3.05) is 47.5 Å². The zero-order chi connectivity index (χ0) is 42.8. The molecule has 10 heteroatoms. The molecular weight excluding hydrogens is 750 g/mol. The number of carbonyl (C=O) groups excluding carboxylic acids is 2. The van der Waals surface area contributed by atoms with Gasteiger partial charge in [0.25, 0.3) is 0 Å². The van der Waals surface area contributed by atoms with Gasteiger partial charge in [-0.3, -0.25) is 13.8 Å². The molecule has 0 radical (unpaired) electrons. The zero-order valence-electron chi connectivity index (χ0n) is 38.0. The predicted molar refractivity (Wildman–Crippen MR) is 243 cm³/mol. The van der Waals surface area contributed by atoms with Gasteiger partial charge in [-0.25, -0.2) is 9.36 Å². The van der Waals surface area contributed by atoms with Crippen molar-refractivity contribution in [1.82, 2.24) is 0 Å². The van der Waals surface area contributed by atoms with Crippen LogP contribution in [-0.2, 0) is 32.7 Å². The maximum atomic E-state index is 12.7. The highest BCUT2D eigenvalue weighted by atomic mass is 31.2. The first-order valence-corrected chi connectivity index (χ1v) is 24.9. The van der Waals surface area contributed by atoms with Crippen LogP contribution in [0.5, 0.6) is 0 Å². The first kappa shape index (κ1) is 56.0. The lowest BCUT2D eigenvalue weighted by Gasteiger charge is -2.24. The Morgan fingerprint density at radius 3 is 1.59 bits per heavy atom. The van der Waals surface area contributed by atoms with Crippen LogP contribution in [0, 0.1) is 0 Å². The number of carbonyl (C=O) groups is 2. The highest BCUT2D eigenvalue weighted by Gasteiger charge is 2.26. The molecule has 338 valence electrons. The fourth-order valence-corrected chi connectivity index (χ4v) is 6.99. The molecule has 0 heterocycles. The Morgan fingerprint density at radius 1 is 0.586 bits per heavy atom. The molecule has 0 rings (SSSR count). The number of phosphoric acid groups is 1. The molecule has 0 bridgehead atoms. The summed E-state index contributed by atoms with van der Waals surface area (Å²) in [6.45, 7) is 4.27. The van der Waals surface area contributed by atoms with E-state index in [1.165, 1.54) is 128 Å². The molecule has 0 saturated carbocycles.